The zero-order valence-electron chi connectivity index (χ0n) is 16.7. The Morgan fingerprint density at radius 3 is 1.96 bits per heavy atom. The van der Waals surface area contributed by atoms with Gasteiger partial charge in [0.1, 0.15) is 5.82 Å². The summed E-state index contributed by atoms with van der Waals surface area (Å²) in [6.45, 7) is 4.53. The van der Waals surface area contributed by atoms with Gasteiger partial charge < -0.3 is 15.1 Å². The van der Waals surface area contributed by atoms with Crippen LogP contribution in [0.25, 0.3) is 0 Å². The van der Waals surface area contributed by atoms with Crippen LogP contribution >= 0.6 is 0 Å². The van der Waals surface area contributed by atoms with Gasteiger partial charge in [-0.2, -0.15) is 0 Å². The van der Waals surface area contributed by atoms with Gasteiger partial charge in [-0.15, -0.1) is 0 Å². The summed E-state index contributed by atoms with van der Waals surface area (Å²) in [6, 6.07) is 6.76. The molecule has 0 spiro atoms. The molecule has 0 unspecified atom stereocenters. The number of benzene rings is 1. The minimum Gasteiger partial charge on any atom is -0.390 e. The smallest absolute Gasteiger partial charge is 0.223 e. The van der Waals surface area contributed by atoms with Crippen molar-refractivity contribution in [2.45, 2.75) is 62.6 Å². The molecule has 152 valence electrons. The Bertz CT molecular complexity index is 761. The van der Waals surface area contributed by atoms with Gasteiger partial charge in [0.25, 0.3) is 0 Å². The second-order valence-corrected chi connectivity index (χ2v) is 10.4. The van der Waals surface area contributed by atoms with Crippen LogP contribution in [0.4, 0.5) is 4.39 Å². The molecule has 2 N–H and O–H groups in total. The first kappa shape index (κ1) is 18.6. The summed E-state index contributed by atoms with van der Waals surface area (Å²) in [6.07, 6.45) is 4.15. The van der Waals surface area contributed by atoms with Crippen molar-refractivity contribution in [3.8, 4) is 0 Å². The van der Waals surface area contributed by atoms with E-state index in [1.54, 1.807) is 11.8 Å². The predicted octanol–water partition coefficient (Wildman–Crippen LogP) is 2.86. The molecule has 1 saturated heterocycles. The molecule has 1 aromatic rings. The van der Waals surface area contributed by atoms with E-state index in [0.29, 0.717) is 43.2 Å². The SMILES string of the molecule is CC1(O)CN(C(=O)CC2(c3ccc(F)cc3)C3CC4CC2CC(C3)C4(C)O)C1. The lowest BCUT2D eigenvalue weighted by molar-refractivity contribution is -0.196. The van der Waals surface area contributed by atoms with Crippen LogP contribution in [0.3, 0.4) is 0 Å². The molecular formula is C23H30FNO3. The Labute approximate surface area is 165 Å². The molecule has 5 aliphatic rings. The molecule has 5 fully saturated rings. The number of rotatable bonds is 3. The Morgan fingerprint density at radius 1 is 1.00 bits per heavy atom. The van der Waals surface area contributed by atoms with Crippen LogP contribution in [0.5, 0.6) is 0 Å². The van der Waals surface area contributed by atoms with E-state index in [1.807, 2.05) is 19.1 Å². The molecule has 4 saturated carbocycles. The highest BCUT2D eigenvalue weighted by Gasteiger charge is 2.64. The third-order valence-electron chi connectivity index (χ3n) is 8.63. The van der Waals surface area contributed by atoms with Gasteiger partial charge in [0.15, 0.2) is 0 Å². The summed E-state index contributed by atoms with van der Waals surface area (Å²) in [7, 11) is 0. The number of amides is 1. The number of carbonyl (C=O) groups excluding carboxylic acids is 1. The van der Waals surface area contributed by atoms with Crippen molar-refractivity contribution in [3.05, 3.63) is 35.6 Å². The van der Waals surface area contributed by atoms with Gasteiger partial charge in [0.2, 0.25) is 5.91 Å². The Balaban J connectivity index is 1.50. The first-order chi connectivity index (χ1) is 13.1. The van der Waals surface area contributed by atoms with Crippen molar-refractivity contribution < 1.29 is 19.4 Å². The van der Waals surface area contributed by atoms with Crippen LogP contribution in [-0.4, -0.2) is 45.3 Å². The van der Waals surface area contributed by atoms with Gasteiger partial charge in [-0.05, 0) is 80.9 Å². The molecule has 1 aromatic carbocycles. The number of hydrogen-bond donors (Lipinski definition) is 2. The van der Waals surface area contributed by atoms with Gasteiger partial charge >= 0.3 is 0 Å². The monoisotopic (exact) mass is 387 g/mol. The summed E-state index contributed by atoms with van der Waals surface area (Å²) >= 11 is 0. The third-order valence-corrected chi connectivity index (χ3v) is 8.63. The molecule has 0 atom stereocenters. The van der Waals surface area contributed by atoms with E-state index < -0.39 is 11.2 Å². The van der Waals surface area contributed by atoms with E-state index >= 15 is 0 Å². The third kappa shape index (κ3) is 2.51. The molecule has 4 nitrogen and oxygen atoms in total. The minimum atomic E-state index is -0.776. The molecule has 6 rings (SSSR count). The fourth-order valence-corrected chi connectivity index (χ4v) is 7.16. The lowest BCUT2D eigenvalue weighted by atomic mass is 9.40. The Morgan fingerprint density at radius 2 is 1.50 bits per heavy atom. The number of β-amino-alcohol motifs (C(OH)–C–C–N with tert-alkyl or cyclic N) is 1. The van der Waals surface area contributed by atoms with Gasteiger partial charge in [0.05, 0.1) is 24.3 Å². The first-order valence-corrected chi connectivity index (χ1v) is 10.6. The van der Waals surface area contributed by atoms with E-state index in [1.165, 1.54) is 12.1 Å². The lowest BCUT2D eigenvalue weighted by Gasteiger charge is -2.66. The van der Waals surface area contributed by atoms with Crippen LogP contribution in [0, 0.1) is 29.5 Å². The number of halogens is 1. The Hall–Kier alpha value is -1.46. The molecule has 5 heteroatoms. The van der Waals surface area contributed by atoms with Crippen LogP contribution in [0.15, 0.2) is 24.3 Å². The van der Waals surface area contributed by atoms with Crippen LogP contribution in [0.2, 0.25) is 0 Å². The molecular weight excluding hydrogens is 357 g/mol. The fraction of sp³-hybridized carbons (Fsp3) is 0.696. The molecule has 1 aliphatic heterocycles. The second-order valence-electron chi connectivity index (χ2n) is 10.4. The van der Waals surface area contributed by atoms with Crippen LogP contribution < -0.4 is 0 Å². The van der Waals surface area contributed by atoms with Crippen LogP contribution in [-0.2, 0) is 10.2 Å². The molecule has 1 heterocycles. The van der Waals surface area contributed by atoms with Crippen molar-refractivity contribution >= 4 is 5.91 Å². The fourth-order valence-electron chi connectivity index (χ4n) is 7.16. The first-order valence-electron chi connectivity index (χ1n) is 10.6. The molecule has 4 aliphatic carbocycles. The maximum absolute atomic E-state index is 13.6. The minimum absolute atomic E-state index is 0.0927. The summed E-state index contributed by atoms with van der Waals surface area (Å²) < 4.78 is 13.6. The summed E-state index contributed by atoms with van der Waals surface area (Å²) in [5, 5.41) is 21.0. The molecule has 0 aromatic heterocycles. The number of aliphatic hydroxyl groups is 2. The zero-order chi connectivity index (χ0) is 19.9. The average molecular weight is 387 g/mol. The summed E-state index contributed by atoms with van der Waals surface area (Å²) in [5.41, 5.74) is -0.581. The number of carbonyl (C=O) groups is 1. The average Bonchev–Trinajstić information content (AvgIpc) is 2.58. The molecule has 28 heavy (non-hydrogen) atoms. The van der Waals surface area contributed by atoms with E-state index in [-0.39, 0.29) is 17.1 Å². The van der Waals surface area contributed by atoms with Gasteiger partial charge in [-0.3, -0.25) is 4.79 Å². The molecule has 1 amide bonds. The topological polar surface area (TPSA) is 60.8 Å². The highest BCUT2D eigenvalue weighted by Crippen LogP contribution is 2.66. The highest BCUT2D eigenvalue weighted by atomic mass is 19.1. The van der Waals surface area contributed by atoms with E-state index in [2.05, 4.69) is 0 Å². The maximum Gasteiger partial charge on any atom is 0.223 e. The van der Waals surface area contributed by atoms with Crippen LogP contribution in [0.1, 0.15) is 51.5 Å². The molecule has 4 bridgehead atoms. The Kier molecular flexibility index (Phi) is 3.84. The molecule has 0 radical (unpaired) electrons. The van der Waals surface area contributed by atoms with Crippen molar-refractivity contribution in [3.63, 3.8) is 0 Å². The van der Waals surface area contributed by atoms with Crippen molar-refractivity contribution in [1.29, 1.82) is 0 Å². The number of nitrogens with zero attached hydrogens (tertiary/aromatic N) is 1. The largest absolute Gasteiger partial charge is 0.390 e. The van der Waals surface area contributed by atoms with Crippen molar-refractivity contribution in [1.82, 2.24) is 4.90 Å². The number of hydrogen-bond acceptors (Lipinski definition) is 3. The normalized spacial score (nSPS) is 43.1. The predicted molar refractivity (Wildman–Crippen MR) is 103 cm³/mol. The van der Waals surface area contributed by atoms with Crippen molar-refractivity contribution in [2.24, 2.45) is 23.7 Å². The lowest BCUT2D eigenvalue weighted by Crippen LogP contribution is -2.66. The second kappa shape index (κ2) is 5.79. The maximum atomic E-state index is 13.6. The zero-order valence-corrected chi connectivity index (χ0v) is 16.7. The summed E-state index contributed by atoms with van der Waals surface area (Å²) in [4.78, 5) is 14.9. The highest BCUT2D eigenvalue weighted by molar-refractivity contribution is 5.79. The van der Waals surface area contributed by atoms with E-state index in [9.17, 15) is 19.4 Å². The van der Waals surface area contributed by atoms with Crippen molar-refractivity contribution in [2.75, 3.05) is 13.1 Å². The number of likely N-dealkylation sites (tertiary alicyclic amines) is 1. The van der Waals surface area contributed by atoms with E-state index in [0.717, 1.165) is 31.2 Å². The van der Waals surface area contributed by atoms with Gasteiger partial charge in [-0.1, -0.05) is 12.1 Å². The van der Waals surface area contributed by atoms with Gasteiger partial charge in [-0.25, -0.2) is 4.39 Å². The van der Waals surface area contributed by atoms with Gasteiger partial charge in [0, 0.05) is 11.8 Å². The quantitative estimate of drug-likeness (QED) is 0.838. The summed E-state index contributed by atoms with van der Waals surface area (Å²) in [5.74, 6) is 1.11. The standard InChI is InChI=1S/C23H30FNO3/c1-21(27)12-25(13-21)20(26)11-23(14-3-5-19(24)6-4-14)17-7-15-8-18(23)10-16(9-17)22(15,2)28/h3-6,15-18,27-28H,7-13H2,1-2H3. The van der Waals surface area contributed by atoms with E-state index in [4.69, 9.17) is 0 Å².